The van der Waals surface area contributed by atoms with E-state index in [4.69, 9.17) is 5.10 Å². The molecule has 0 aliphatic carbocycles. The average Bonchev–Trinajstić information content (AvgIpc) is 3.37. The summed E-state index contributed by atoms with van der Waals surface area (Å²) in [6, 6.07) is 19.5. The molecule has 0 spiro atoms. The van der Waals surface area contributed by atoms with Crippen molar-refractivity contribution in [1.29, 1.82) is 0 Å². The van der Waals surface area contributed by atoms with Crippen LogP contribution in [0.1, 0.15) is 5.69 Å². The van der Waals surface area contributed by atoms with Gasteiger partial charge in [-0.1, -0.05) is 17.2 Å². The molecule has 0 aliphatic heterocycles. The molecule has 0 fully saturated rings. The van der Waals surface area contributed by atoms with E-state index in [0.717, 1.165) is 0 Å². The van der Waals surface area contributed by atoms with E-state index in [2.05, 4.69) is 5.10 Å². The number of hydrogen-bond acceptors (Lipinski definition) is 7. The van der Waals surface area contributed by atoms with E-state index in [1.807, 2.05) is 0 Å². The Morgan fingerprint density at radius 1 is 0.750 bits per heavy atom. The molecule has 2 aromatic heterocycles. The normalized spacial score (nSPS) is 11.1. The smallest absolute Gasteiger partial charge is 0.370 e. The zero-order valence-corrected chi connectivity index (χ0v) is 19.3. The highest BCUT2D eigenvalue weighted by atomic mass is 16.6. The molecule has 0 atom stereocenters. The van der Waals surface area contributed by atoms with Crippen molar-refractivity contribution in [2.45, 2.75) is 6.92 Å². The van der Waals surface area contributed by atoms with Gasteiger partial charge in [-0.25, -0.2) is 4.68 Å². The summed E-state index contributed by atoms with van der Waals surface area (Å²) < 4.78 is 2.70. The Hall–Kier alpha value is -5.12. The number of phenols is 3. The first-order chi connectivity index (χ1) is 17.2. The lowest BCUT2D eigenvalue weighted by Crippen LogP contribution is -2.05. The Labute approximate surface area is 205 Å². The third kappa shape index (κ3) is 3.80. The van der Waals surface area contributed by atoms with Gasteiger partial charge in [0.05, 0.1) is 5.69 Å². The highest BCUT2D eigenvalue weighted by Crippen LogP contribution is 2.43. The van der Waals surface area contributed by atoms with E-state index < -0.39 is 4.92 Å². The molecule has 10 nitrogen and oxygen atoms in total. The van der Waals surface area contributed by atoms with Crippen molar-refractivity contribution in [3.63, 3.8) is 0 Å². The predicted octanol–water partition coefficient (Wildman–Crippen LogP) is 4.94. The van der Waals surface area contributed by atoms with E-state index in [1.54, 1.807) is 55.5 Å². The number of aromatic nitrogens is 4. The molecular weight excluding hydrogens is 462 g/mol. The van der Waals surface area contributed by atoms with Crippen molar-refractivity contribution in [2.24, 2.45) is 7.05 Å². The van der Waals surface area contributed by atoms with Gasteiger partial charge in [0.1, 0.15) is 35.7 Å². The van der Waals surface area contributed by atoms with Crippen molar-refractivity contribution in [2.75, 3.05) is 0 Å². The average molecular weight is 483 g/mol. The SMILES string of the molecule is Cc1nn(C)c([N+](=O)[O-])c1-n1nc(-c2ccc(O)cc2)c(-c2ccc(O)cc2)c1-c1ccc(O)cc1. The molecule has 0 bridgehead atoms. The number of phenolic OH excluding ortho intramolecular Hbond substituents is 3. The van der Waals surface area contributed by atoms with Crippen LogP contribution in [0.25, 0.3) is 39.3 Å². The Morgan fingerprint density at radius 2 is 1.22 bits per heavy atom. The lowest BCUT2D eigenvalue weighted by molar-refractivity contribution is -0.392. The summed E-state index contributed by atoms with van der Waals surface area (Å²) in [4.78, 5) is 11.5. The first-order valence-electron chi connectivity index (χ1n) is 10.9. The van der Waals surface area contributed by atoms with Gasteiger partial charge in [-0.15, -0.1) is 4.68 Å². The van der Waals surface area contributed by atoms with Crippen LogP contribution in [0.5, 0.6) is 17.2 Å². The third-order valence-corrected chi connectivity index (χ3v) is 5.87. The van der Waals surface area contributed by atoms with Gasteiger partial charge in [0.2, 0.25) is 0 Å². The second-order valence-electron chi connectivity index (χ2n) is 8.26. The van der Waals surface area contributed by atoms with E-state index >= 15 is 0 Å². The fraction of sp³-hybridized carbons (Fsp3) is 0.0769. The molecule has 0 aliphatic rings. The number of benzene rings is 3. The summed E-state index contributed by atoms with van der Waals surface area (Å²) in [6.45, 7) is 1.67. The Morgan fingerprint density at radius 3 is 1.72 bits per heavy atom. The molecule has 3 N–H and O–H groups in total. The molecule has 180 valence electrons. The summed E-state index contributed by atoms with van der Waals surface area (Å²) in [7, 11) is 1.50. The molecule has 0 unspecified atom stereocenters. The standard InChI is InChI=1S/C26H21N5O5/c1-15-24(26(31(35)36)29(2)27-15)30-25(18-7-13-21(34)14-8-18)22(16-3-9-19(32)10-4-16)23(28-30)17-5-11-20(33)12-6-17/h3-14,32-34H,1-2H3. The van der Waals surface area contributed by atoms with Gasteiger partial charge in [0.15, 0.2) is 5.69 Å². The molecule has 36 heavy (non-hydrogen) atoms. The van der Waals surface area contributed by atoms with Crippen molar-refractivity contribution in [3.8, 4) is 56.6 Å². The van der Waals surface area contributed by atoms with Crippen LogP contribution in [0.2, 0.25) is 0 Å². The van der Waals surface area contributed by atoms with Gasteiger partial charge in [-0.3, -0.25) is 0 Å². The second kappa shape index (κ2) is 8.58. The van der Waals surface area contributed by atoms with Gasteiger partial charge < -0.3 is 25.4 Å². The fourth-order valence-electron chi connectivity index (χ4n) is 4.28. The molecule has 2 heterocycles. The minimum atomic E-state index is -0.502. The number of aromatic hydroxyl groups is 3. The molecule has 0 amide bonds. The summed E-state index contributed by atoms with van der Waals surface area (Å²) >= 11 is 0. The summed E-state index contributed by atoms with van der Waals surface area (Å²) in [5.74, 6) is 0.00644. The summed E-state index contributed by atoms with van der Waals surface area (Å²) in [5.41, 5.74) is 4.30. The largest absolute Gasteiger partial charge is 0.508 e. The van der Waals surface area contributed by atoms with Crippen LogP contribution < -0.4 is 0 Å². The Balaban J connectivity index is 1.94. The molecular formula is C26H21N5O5. The lowest BCUT2D eigenvalue weighted by Gasteiger charge is -2.11. The summed E-state index contributed by atoms with van der Waals surface area (Å²) in [5, 5.41) is 50.8. The molecule has 0 saturated carbocycles. The maximum Gasteiger partial charge on any atom is 0.370 e. The van der Waals surface area contributed by atoms with Crippen LogP contribution in [0.4, 0.5) is 5.82 Å². The number of nitro groups is 1. The minimum Gasteiger partial charge on any atom is -0.508 e. The second-order valence-corrected chi connectivity index (χ2v) is 8.26. The van der Waals surface area contributed by atoms with Crippen molar-refractivity contribution >= 4 is 5.82 Å². The number of nitrogens with zero attached hydrogens (tertiary/aromatic N) is 5. The van der Waals surface area contributed by atoms with Crippen LogP contribution >= 0.6 is 0 Å². The van der Waals surface area contributed by atoms with Gasteiger partial charge >= 0.3 is 5.82 Å². The maximum atomic E-state index is 12.0. The van der Waals surface area contributed by atoms with Crippen LogP contribution in [-0.4, -0.2) is 39.8 Å². The van der Waals surface area contributed by atoms with E-state index in [9.17, 15) is 25.4 Å². The monoisotopic (exact) mass is 483 g/mol. The molecule has 10 heteroatoms. The van der Waals surface area contributed by atoms with Crippen LogP contribution in [0.3, 0.4) is 0 Å². The topological polar surface area (TPSA) is 139 Å². The molecule has 5 aromatic rings. The van der Waals surface area contributed by atoms with E-state index in [-0.39, 0.29) is 28.8 Å². The molecule has 3 aromatic carbocycles. The van der Waals surface area contributed by atoms with Gasteiger partial charge in [-0.2, -0.15) is 5.10 Å². The predicted molar refractivity (Wildman–Crippen MR) is 133 cm³/mol. The van der Waals surface area contributed by atoms with Crippen LogP contribution in [-0.2, 0) is 7.05 Å². The van der Waals surface area contributed by atoms with Gasteiger partial charge in [0.25, 0.3) is 0 Å². The first-order valence-corrected chi connectivity index (χ1v) is 10.9. The Bertz CT molecular complexity index is 1580. The van der Waals surface area contributed by atoms with Gasteiger partial charge in [-0.05, 0) is 78.1 Å². The van der Waals surface area contributed by atoms with Crippen molar-refractivity contribution in [1.82, 2.24) is 19.6 Å². The van der Waals surface area contributed by atoms with Crippen LogP contribution in [0.15, 0.2) is 72.8 Å². The van der Waals surface area contributed by atoms with Crippen molar-refractivity contribution < 1.29 is 20.2 Å². The quantitative estimate of drug-likeness (QED) is 0.238. The fourth-order valence-corrected chi connectivity index (χ4v) is 4.28. The van der Waals surface area contributed by atoms with Crippen molar-refractivity contribution in [3.05, 3.63) is 88.6 Å². The maximum absolute atomic E-state index is 12.0. The zero-order valence-electron chi connectivity index (χ0n) is 19.3. The molecule has 5 rings (SSSR count). The third-order valence-electron chi connectivity index (χ3n) is 5.87. The van der Waals surface area contributed by atoms with Crippen LogP contribution in [0, 0.1) is 17.0 Å². The number of rotatable bonds is 5. The zero-order chi connectivity index (χ0) is 25.6. The Kier molecular flexibility index (Phi) is 5.40. The highest BCUT2D eigenvalue weighted by molar-refractivity contribution is 5.93. The summed E-state index contributed by atoms with van der Waals surface area (Å²) in [6.07, 6.45) is 0. The first kappa shape index (κ1) is 22.7. The number of aryl methyl sites for hydroxylation is 2. The van der Waals surface area contributed by atoms with E-state index in [0.29, 0.717) is 39.3 Å². The highest BCUT2D eigenvalue weighted by Gasteiger charge is 2.31. The molecule has 0 saturated heterocycles. The van der Waals surface area contributed by atoms with E-state index in [1.165, 1.54) is 40.7 Å². The van der Waals surface area contributed by atoms with Gasteiger partial charge in [0, 0.05) is 16.7 Å². The molecule has 0 radical (unpaired) electrons. The lowest BCUT2D eigenvalue weighted by atomic mass is 9.95. The number of hydrogen-bond donors (Lipinski definition) is 3. The minimum absolute atomic E-state index is 0.0679.